The topological polar surface area (TPSA) is 115 Å². The van der Waals surface area contributed by atoms with Crippen LogP contribution in [-0.2, 0) is 24.4 Å². The van der Waals surface area contributed by atoms with Crippen molar-refractivity contribution in [3.8, 4) is 5.75 Å². The predicted molar refractivity (Wildman–Crippen MR) is 204 cm³/mol. The van der Waals surface area contributed by atoms with Crippen LogP contribution in [0.2, 0.25) is 0 Å². The first-order valence-electron chi connectivity index (χ1n) is 21.0. The van der Waals surface area contributed by atoms with Gasteiger partial charge >= 0.3 is 0 Å². The molecule has 0 radical (unpaired) electrons. The number of aromatic nitrogens is 1. The van der Waals surface area contributed by atoms with Crippen molar-refractivity contribution >= 4 is 5.91 Å². The number of benzene rings is 1. The third-order valence-electron chi connectivity index (χ3n) is 13.4. The van der Waals surface area contributed by atoms with E-state index in [1.807, 2.05) is 6.92 Å². The molecule has 3 unspecified atom stereocenters. The average Bonchev–Trinajstić information content (AvgIpc) is 3.56. The fourth-order valence-corrected chi connectivity index (χ4v) is 10.0. The Morgan fingerprint density at radius 2 is 1.75 bits per heavy atom. The molecular formula is C42H66N6O4. The molecule has 1 aromatic carbocycles. The van der Waals surface area contributed by atoms with Gasteiger partial charge < -0.3 is 19.6 Å². The van der Waals surface area contributed by atoms with Gasteiger partial charge in [-0.1, -0.05) is 63.9 Å². The van der Waals surface area contributed by atoms with Crippen molar-refractivity contribution in [2.45, 2.75) is 161 Å². The summed E-state index contributed by atoms with van der Waals surface area (Å²) < 4.78 is 11.6. The maximum atomic E-state index is 14.6. The molecule has 4 atom stereocenters. The molecule has 5 aliphatic rings. The van der Waals surface area contributed by atoms with Crippen LogP contribution < -0.4 is 20.7 Å². The van der Waals surface area contributed by atoms with Crippen molar-refractivity contribution in [1.82, 2.24) is 30.7 Å². The first-order chi connectivity index (χ1) is 25.4. The summed E-state index contributed by atoms with van der Waals surface area (Å²) in [6, 6.07) is 4.77. The Morgan fingerprint density at radius 3 is 2.44 bits per heavy atom. The Kier molecular flexibility index (Phi) is 12.9. The molecule has 2 aliphatic carbocycles. The molecule has 2 saturated heterocycles. The smallest absolute Gasteiger partial charge is 0.223 e. The van der Waals surface area contributed by atoms with Crippen molar-refractivity contribution in [1.29, 1.82) is 0 Å². The van der Waals surface area contributed by atoms with Crippen LogP contribution in [0.1, 0.15) is 131 Å². The molecule has 52 heavy (non-hydrogen) atoms. The third-order valence-corrected chi connectivity index (χ3v) is 13.4. The molecular weight excluding hydrogens is 652 g/mol. The average molecular weight is 719 g/mol. The number of aliphatic hydroxyl groups excluding tert-OH is 1. The molecule has 10 nitrogen and oxygen atoms in total. The van der Waals surface area contributed by atoms with Crippen LogP contribution in [0.3, 0.4) is 0 Å². The first-order valence-corrected chi connectivity index (χ1v) is 21.0. The second-order valence-corrected chi connectivity index (χ2v) is 16.9. The maximum absolute atomic E-state index is 14.6. The highest BCUT2D eigenvalue weighted by Gasteiger charge is 2.53. The number of amides is 1. The predicted octanol–water partition coefficient (Wildman–Crippen LogP) is 6.11. The zero-order valence-electron chi connectivity index (χ0n) is 32.1. The number of β-amino-alcohol motifs (C(OH)–C–C–N with tert-alkyl or cyclic N) is 1. The van der Waals surface area contributed by atoms with E-state index in [4.69, 9.17) is 9.15 Å². The van der Waals surface area contributed by atoms with E-state index in [0.717, 1.165) is 69.1 Å². The van der Waals surface area contributed by atoms with Crippen molar-refractivity contribution in [3.05, 3.63) is 46.7 Å². The SMILES string of the molecule is Cc1ncoc1COc1ccc2c(c1C)CCN(C[C@@H](O)CNC(=O)C1CC(N3CCCCC3)NC(NC3CCC3)C13CCCCCCCCC3)C2. The van der Waals surface area contributed by atoms with Gasteiger partial charge in [0.1, 0.15) is 12.4 Å². The molecule has 10 heteroatoms. The van der Waals surface area contributed by atoms with Crippen molar-refractivity contribution < 1.29 is 19.1 Å². The Balaban J connectivity index is 1.00. The molecule has 288 valence electrons. The van der Waals surface area contributed by atoms with Gasteiger partial charge in [-0.3, -0.25) is 25.2 Å². The van der Waals surface area contributed by atoms with Gasteiger partial charge in [-0.25, -0.2) is 4.98 Å². The summed E-state index contributed by atoms with van der Waals surface area (Å²) in [5.74, 6) is 1.72. The number of nitrogens with one attached hydrogen (secondary N) is 3. The van der Waals surface area contributed by atoms with E-state index in [-0.39, 0.29) is 29.6 Å². The number of likely N-dealkylation sites (tertiary alicyclic amines) is 1. The number of rotatable bonds is 11. The van der Waals surface area contributed by atoms with Gasteiger partial charge in [-0.2, -0.15) is 0 Å². The van der Waals surface area contributed by atoms with Crippen molar-refractivity contribution in [3.63, 3.8) is 0 Å². The lowest BCUT2D eigenvalue weighted by Gasteiger charge is -2.56. The molecule has 2 aromatic rings. The number of hydrogen-bond donors (Lipinski definition) is 4. The van der Waals surface area contributed by atoms with Gasteiger partial charge in [-0.05, 0) is 101 Å². The zero-order valence-corrected chi connectivity index (χ0v) is 32.1. The summed E-state index contributed by atoms with van der Waals surface area (Å²) in [4.78, 5) is 23.7. The van der Waals surface area contributed by atoms with Gasteiger partial charge in [0.25, 0.3) is 0 Å². The number of piperidine rings is 2. The Labute approximate surface area is 312 Å². The number of carbonyl (C=O) groups excluding carboxylic acids is 1. The lowest BCUT2D eigenvalue weighted by atomic mass is 9.61. The molecule has 1 spiro atoms. The second-order valence-electron chi connectivity index (χ2n) is 16.9. The van der Waals surface area contributed by atoms with Crippen LogP contribution in [0.4, 0.5) is 0 Å². The molecule has 4 heterocycles. The van der Waals surface area contributed by atoms with E-state index in [0.29, 0.717) is 25.7 Å². The lowest BCUT2D eigenvalue weighted by Crippen LogP contribution is -2.71. The van der Waals surface area contributed by atoms with E-state index >= 15 is 0 Å². The van der Waals surface area contributed by atoms with Crippen LogP contribution in [0.25, 0.3) is 0 Å². The first kappa shape index (κ1) is 37.8. The molecule has 2 saturated carbocycles. The van der Waals surface area contributed by atoms with Gasteiger partial charge in [0, 0.05) is 43.6 Å². The summed E-state index contributed by atoms with van der Waals surface area (Å²) in [6.45, 7) is 9.15. The zero-order chi connectivity index (χ0) is 35.9. The summed E-state index contributed by atoms with van der Waals surface area (Å²) in [5, 5.41) is 23.0. The van der Waals surface area contributed by atoms with Gasteiger partial charge in [0.2, 0.25) is 5.91 Å². The number of aryl methyl sites for hydroxylation is 1. The van der Waals surface area contributed by atoms with Crippen LogP contribution in [-0.4, -0.2) is 83.0 Å². The van der Waals surface area contributed by atoms with Crippen LogP contribution in [0, 0.1) is 25.2 Å². The summed E-state index contributed by atoms with van der Waals surface area (Å²) in [5.41, 5.74) is 4.53. The van der Waals surface area contributed by atoms with E-state index < -0.39 is 6.10 Å². The summed E-state index contributed by atoms with van der Waals surface area (Å²) in [6.07, 6.45) is 21.6. The van der Waals surface area contributed by atoms with Gasteiger partial charge in [0.05, 0.1) is 24.1 Å². The number of hydrogen-bond acceptors (Lipinski definition) is 9. The minimum Gasteiger partial charge on any atom is -0.485 e. The maximum Gasteiger partial charge on any atom is 0.223 e. The van der Waals surface area contributed by atoms with Crippen molar-refractivity contribution in [2.24, 2.45) is 11.3 Å². The third kappa shape index (κ3) is 8.89. The highest BCUT2D eigenvalue weighted by Crippen LogP contribution is 2.48. The molecule has 1 aromatic heterocycles. The molecule has 0 bridgehead atoms. The highest BCUT2D eigenvalue weighted by molar-refractivity contribution is 5.80. The summed E-state index contributed by atoms with van der Waals surface area (Å²) >= 11 is 0. The molecule has 3 aliphatic heterocycles. The number of aliphatic hydroxyl groups is 1. The molecule has 4 N–H and O–H groups in total. The normalized spacial score (nSPS) is 27.0. The number of ether oxygens (including phenoxy) is 1. The fourth-order valence-electron chi connectivity index (χ4n) is 10.0. The lowest BCUT2D eigenvalue weighted by molar-refractivity contribution is -0.139. The largest absolute Gasteiger partial charge is 0.485 e. The van der Waals surface area contributed by atoms with Crippen LogP contribution in [0.5, 0.6) is 5.75 Å². The van der Waals surface area contributed by atoms with E-state index in [1.54, 1.807) is 0 Å². The van der Waals surface area contributed by atoms with E-state index in [2.05, 4.69) is 49.8 Å². The Morgan fingerprint density at radius 1 is 1.02 bits per heavy atom. The van der Waals surface area contributed by atoms with Gasteiger partial charge in [-0.15, -0.1) is 0 Å². The van der Waals surface area contributed by atoms with Crippen LogP contribution >= 0.6 is 0 Å². The van der Waals surface area contributed by atoms with E-state index in [1.165, 1.54) is 107 Å². The summed E-state index contributed by atoms with van der Waals surface area (Å²) in [7, 11) is 0. The standard InChI is InChI=1S/C42H66N6O4/c1-30-35-18-23-47(26-32(35)16-17-37(30)51-28-38-31(2)44-29-52-38)27-34(49)25-43-40(50)36-24-39(48-21-11-8-12-22-48)46-41(45-33-14-13-15-33)42(36)19-9-6-4-3-5-7-10-20-42/h16-17,29,33-34,36,39,41,45-46,49H,3-15,18-28H2,1-2H3,(H,43,50)/t34-,36?,39?,41?/m0/s1. The minimum atomic E-state index is -0.622. The molecule has 4 fully saturated rings. The second kappa shape index (κ2) is 17.8. The van der Waals surface area contributed by atoms with Gasteiger partial charge in [0.15, 0.2) is 12.2 Å². The molecule has 7 rings (SSSR count). The number of fused-ring (bicyclic) bond motifs is 1. The Bertz CT molecular complexity index is 1440. The minimum absolute atomic E-state index is 0.0703. The number of nitrogens with zero attached hydrogens (tertiary/aromatic N) is 3. The molecule has 1 amide bonds. The van der Waals surface area contributed by atoms with Crippen LogP contribution in [0.15, 0.2) is 22.9 Å². The Hall–Kier alpha value is -2.50. The monoisotopic (exact) mass is 719 g/mol. The van der Waals surface area contributed by atoms with Crippen molar-refractivity contribution in [2.75, 3.05) is 32.7 Å². The number of oxazole rings is 1. The van der Waals surface area contributed by atoms with E-state index in [9.17, 15) is 9.90 Å². The highest BCUT2D eigenvalue weighted by atomic mass is 16.5. The quantitative estimate of drug-likeness (QED) is 0.219. The number of carbonyl (C=O) groups is 1. The fraction of sp³-hybridized carbons (Fsp3) is 0.762.